The molecule has 3 nitrogen and oxygen atoms in total. The largest absolute Gasteiger partial charge is 0.289 e. The van der Waals surface area contributed by atoms with Gasteiger partial charge in [-0.25, -0.2) is 0 Å². The van der Waals surface area contributed by atoms with Crippen molar-refractivity contribution in [3.63, 3.8) is 0 Å². The molecule has 0 unspecified atom stereocenters. The van der Waals surface area contributed by atoms with E-state index in [9.17, 15) is 4.79 Å². The SMILES string of the molecule is Clc1cc[nH]n1.O=C1c2ccccc2Cc2ccccc21. The van der Waals surface area contributed by atoms with Gasteiger partial charge in [0.05, 0.1) is 0 Å². The van der Waals surface area contributed by atoms with E-state index in [1.807, 2.05) is 48.5 Å². The van der Waals surface area contributed by atoms with Crippen LogP contribution in [-0.4, -0.2) is 16.0 Å². The first kappa shape index (κ1) is 13.6. The van der Waals surface area contributed by atoms with Crippen LogP contribution in [0.25, 0.3) is 0 Å². The summed E-state index contributed by atoms with van der Waals surface area (Å²) in [5, 5.41) is 6.61. The van der Waals surface area contributed by atoms with Crippen LogP contribution in [-0.2, 0) is 6.42 Å². The molecular weight excluding hydrogens is 284 g/mol. The third-order valence-electron chi connectivity index (χ3n) is 3.37. The minimum absolute atomic E-state index is 0.160. The molecule has 0 atom stereocenters. The first-order valence-corrected chi connectivity index (χ1v) is 6.99. The summed E-state index contributed by atoms with van der Waals surface area (Å²) in [6.07, 6.45) is 2.54. The number of carbonyl (C=O) groups excluding carboxylic acids is 1. The molecule has 2 aromatic carbocycles. The number of nitrogens with zero attached hydrogens (tertiary/aromatic N) is 1. The van der Waals surface area contributed by atoms with Crippen molar-refractivity contribution in [3.05, 3.63) is 88.2 Å². The number of carbonyl (C=O) groups is 1. The van der Waals surface area contributed by atoms with E-state index in [4.69, 9.17) is 11.6 Å². The zero-order chi connectivity index (χ0) is 14.7. The van der Waals surface area contributed by atoms with Crippen molar-refractivity contribution in [3.8, 4) is 0 Å². The van der Waals surface area contributed by atoms with E-state index in [0.29, 0.717) is 5.15 Å². The van der Waals surface area contributed by atoms with E-state index < -0.39 is 0 Å². The number of hydrogen-bond acceptors (Lipinski definition) is 2. The smallest absolute Gasteiger partial charge is 0.193 e. The van der Waals surface area contributed by atoms with Gasteiger partial charge in [-0.1, -0.05) is 60.1 Å². The van der Waals surface area contributed by atoms with Crippen LogP contribution in [0.4, 0.5) is 0 Å². The number of aromatic amines is 1. The van der Waals surface area contributed by atoms with E-state index in [2.05, 4.69) is 10.2 Å². The molecule has 0 saturated carbocycles. The Hall–Kier alpha value is -2.39. The Morgan fingerprint density at radius 3 is 1.90 bits per heavy atom. The highest BCUT2D eigenvalue weighted by Crippen LogP contribution is 2.26. The molecule has 1 aliphatic carbocycles. The van der Waals surface area contributed by atoms with E-state index >= 15 is 0 Å². The summed E-state index contributed by atoms with van der Waals surface area (Å²) in [6.45, 7) is 0. The summed E-state index contributed by atoms with van der Waals surface area (Å²) >= 11 is 5.31. The molecule has 0 fully saturated rings. The molecule has 104 valence electrons. The van der Waals surface area contributed by atoms with Crippen LogP contribution in [0.3, 0.4) is 0 Å². The molecule has 0 bridgehead atoms. The Kier molecular flexibility index (Phi) is 3.84. The molecule has 1 N–H and O–H groups in total. The van der Waals surface area contributed by atoms with Crippen molar-refractivity contribution in [1.29, 1.82) is 0 Å². The van der Waals surface area contributed by atoms with Crippen LogP contribution in [0.15, 0.2) is 60.8 Å². The van der Waals surface area contributed by atoms with Crippen molar-refractivity contribution >= 4 is 17.4 Å². The van der Waals surface area contributed by atoms with Gasteiger partial charge >= 0.3 is 0 Å². The number of ketones is 1. The van der Waals surface area contributed by atoms with Gasteiger partial charge in [0.15, 0.2) is 10.9 Å². The zero-order valence-electron chi connectivity index (χ0n) is 11.2. The molecule has 3 aromatic rings. The Balaban J connectivity index is 0.000000186. The van der Waals surface area contributed by atoms with Crippen LogP contribution in [0.2, 0.25) is 5.15 Å². The lowest BCUT2D eigenvalue weighted by Crippen LogP contribution is -2.14. The molecule has 0 saturated heterocycles. The van der Waals surface area contributed by atoms with Crippen LogP contribution < -0.4 is 0 Å². The molecule has 4 rings (SSSR count). The number of hydrogen-bond donors (Lipinski definition) is 1. The van der Waals surface area contributed by atoms with Gasteiger partial charge in [-0.15, -0.1) is 0 Å². The monoisotopic (exact) mass is 296 g/mol. The predicted molar refractivity (Wildman–Crippen MR) is 82.7 cm³/mol. The van der Waals surface area contributed by atoms with Gasteiger partial charge in [-0.3, -0.25) is 9.89 Å². The lowest BCUT2D eigenvalue weighted by Gasteiger charge is -2.17. The van der Waals surface area contributed by atoms with Crippen molar-refractivity contribution in [2.75, 3.05) is 0 Å². The van der Waals surface area contributed by atoms with Gasteiger partial charge in [0.1, 0.15) is 0 Å². The van der Waals surface area contributed by atoms with E-state index in [1.54, 1.807) is 12.3 Å². The Labute approximate surface area is 127 Å². The number of H-pyrrole nitrogens is 1. The summed E-state index contributed by atoms with van der Waals surface area (Å²) in [5.41, 5.74) is 4.00. The molecule has 0 spiro atoms. The number of rotatable bonds is 0. The van der Waals surface area contributed by atoms with Gasteiger partial charge in [0.25, 0.3) is 0 Å². The maximum absolute atomic E-state index is 12.1. The van der Waals surface area contributed by atoms with Crippen LogP contribution in [0.5, 0.6) is 0 Å². The van der Waals surface area contributed by atoms with Crippen LogP contribution >= 0.6 is 11.6 Å². The molecule has 21 heavy (non-hydrogen) atoms. The first-order chi connectivity index (χ1) is 10.3. The molecule has 0 radical (unpaired) electrons. The maximum atomic E-state index is 12.1. The van der Waals surface area contributed by atoms with Gasteiger partial charge < -0.3 is 0 Å². The van der Waals surface area contributed by atoms with Crippen molar-refractivity contribution in [2.45, 2.75) is 6.42 Å². The van der Waals surface area contributed by atoms with E-state index in [0.717, 1.165) is 28.7 Å². The summed E-state index contributed by atoms with van der Waals surface area (Å²) in [4.78, 5) is 12.1. The van der Waals surface area contributed by atoms with Crippen molar-refractivity contribution < 1.29 is 4.79 Å². The fraction of sp³-hybridized carbons (Fsp3) is 0.0588. The average Bonchev–Trinajstić information content (AvgIpc) is 2.99. The van der Waals surface area contributed by atoms with Crippen LogP contribution in [0.1, 0.15) is 27.0 Å². The third kappa shape index (κ3) is 2.88. The summed E-state index contributed by atoms with van der Waals surface area (Å²) < 4.78 is 0. The Morgan fingerprint density at radius 2 is 1.48 bits per heavy atom. The molecule has 1 aromatic heterocycles. The quantitative estimate of drug-likeness (QED) is 0.535. The number of halogens is 1. The van der Waals surface area contributed by atoms with Gasteiger partial charge in [0.2, 0.25) is 0 Å². The normalized spacial score (nSPS) is 12.0. The molecular formula is C17H13ClN2O. The fourth-order valence-electron chi connectivity index (χ4n) is 2.38. The summed E-state index contributed by atoms with van der Waals surface area (Å²) in [5.74, 6) is 0.160. The number of benzene rings is 2. The molecule has 4 heteroatoms. The first-order valence-electron chi connectivity index (χ1n) is 6.61. The van der Waals surface area contributed by atoms with Gasteiger partial charge in [0, 0.05) is 17.3 Å². The Bertz CT molecular complexity index is 718. The minimum atomic E-state index is 0.160. The second-order valence-corrected chi connectivity index (χ2v) is 5.10. The standard InChI is InChI=1S/C14H10O.C3H3ClN2/c15-14-12-7-3-1-5-10(12)9-11-6-2-4-8-13(11)14;4-3-1-2-5-6-3/h1-8H,9H2;1-2H,(H,5,6). The van der Waals surface area contributed by atoms with E-state index in [1.165, 1.54) is 0 Å². The highest BCUT2D eigenvalue weighted by atomic mass is 35.5. The molecule has 0 amide bonds. The maximum Gasteiger partial charge on any atom is 0.193 e. The molecule has 1 heterocycles. The van der Waals surface area contributed by atoms with E-state index in [-0.39, 0.29) is 5.78 Å². The second-order valence-electron chi connectivity index (χ2n) is 4.72. The topological polar surface area (TPSA) is 45.8 Å². The minimum Gasteiger partial charge on any atom is -0.289 e. The van der Waals surface area contributed by atoms with Crippen molar-refractivity contribution in [1.82, 2.24) is 10.2 Å². The lowest BCUT2D eigenvalue weighted by molar-refractivity contribution is 0.103. The third-order valence-corrected chi connectivity index (χ3v) is 3.58. The predicted octanol–water partition coefficient (Wildman–Crippen LogP) is 3.88. The number of nitrogens with one attached hydrogen (secondary N) is 1. The van der Waals surface area contributed by atoms with Gasteiger partial charge in [-0.2, -0.15) is 5.10 Å². The highest BCUT2D eigenvalue weighted by molar-refractivity contribution is 6.29. The summed E-state index contributed by atoms with van der Waals surface area (Å²) in [7, 11) is 0. The molecule has 0 aliphatic heterocycles. The zero-order valence-corrected chi connectivity index (χ0v) is 12.0. The number of aromatic nitrogens is 2. The lowest BCUT2D eigenvalue weighted by atomic mass is 9.85. The molecule has 1 aliphatic rings. The highest BCUT2D eigenvalue weighted by Gasteiger charge is 2.21. The summed E-state index contributed by atoms with van der Waals surface area (Å²) in [6, 6.07) is 17.4. The Morgan fingerprint density at radius 1 is 0.905 bits per heavy atom. The van der Waals surface area contributed by atoms with Crippen LogP contribution in [0, 0.1) is 0 Å². The second kappa shape index (κ2) is 5.94. The van der Waals surface area contributed by atoms with Crippen molar-refractivity contribution in [2.24, 2.45) is 0 Å². The van der Waals surface area contributed by atoms with Gasteiger partial charge in [-0.05, 0) is 23.6 Å². The average molecular weight is 297 g/mol. The fourth-order valence-corrected chi connectivity index (χ4v) is 2.50. The number of fused-ring (bicyclic) bond motifs is 2.